The van der Waals surface area contributed by atoms with Gasteiger partial charge in [0.15, 0.2) is 11.5 Å². The third kappa shape index (κ3) is 3.19. The van der Waals surface area contributed by atoms with Crippen LogP contribution in [0.2, 0.25) is 0 Å². The summed E-state index contributed by atoms with van der Waals surface area (Å²) in [6.07, 6.45) is 0.879. The van der Waals surface area contributed by atoms with Gasteiger partial charge in [0.1, 0.15) is 5.75 Å². The summed E-state index contributed by atoms with van der Waals surface area (Å²) in [5, 5.41) is 10.9. The fourth-order valence-electron chi connectivity index (χ4n) is 4.00. The Morgan fingerprint density at radius 1 is 1.19 bits per heavy atom. The molecule has 0 radical (unpaired) electrons. The molecule has 0 fully saturated rings. The lowest BCUT2D eigenvalue weighted by atomic mass is 9.87. The van der Waals surface area contributed by atoms with Crippen LogP contribution in [0.3, 0.4) is 0 Å². The smallest absolute Gasteiger partial charge is 0.231 e. The Morgan fingerprint density at radius 3 is 2.67 bits per heavy atom. The molecule has 1 N–H and O–H groups in total. The third-order valence-electron chi connectivity index (χ3n) is 5.49. The molecule has 0 bridgehead atoms. The SMILES string of the molecule is COc1ccc([C@@H](O)C[C@@H]2c3c(cc4c(c3OC)OCO4)CCN2C)cc1. The summed E-state index contributed by atoms with van der Waals surface area (Å²) in [4.78, 5) is 2.26. The molecule has 0 saturated carbocycles. The fraction of sp³-hybridized carbons (Fsp3) is 0.429. The molecule has 2 aliphatic heterocycles. The van der Waals surface area contributed by atoms with Crippen molar-refractivity contribution in [2.45, 2.75) is 25.0 Å². The lowest BCUT2D eigenvalue weighted by Gasteiger charge is -2.37. The first-order chi connectivity index (χ1) is 13.1. The van der Waals surface area contributed by atoms with Crippen LogP contribution < -0.4 is 18.9 Å². The molecule has 2 heterocycles. The van der Waals surface area contributed by atoms with Crippen molar-refractivity contribution in [2.24, 2.45) is 0 Å². The number of rotatable bonds is 5. The molecule has 144 valence electrons. The summed E-state index contributed by atoms with van der Waals surface area (Å²) in [6.45, 7) is 1.12. The van der Waals surface area contributed by atoms with Gasteiger partial charge in [-0.3, -0.25) is 4.90 Å². The van der Waals surface area contributed by atoms with E-state index in [1.807, 2.05) is 24.3 Å². The van der Waals surface area contributed by atoms with Crippen molar-refractivity contribution in [1.29, 1.82) is 0 Å². The van der Waals surface area contributed by atoms with Crippen LogP contribution in [0.25, 0.3) is 0 Å². The van der Waals surface area contributed by atoms with E-state index in [-0.39, 0.29) is 12.8 Å². The summed E-state index contributed by atoms with van der Waals surface area (Å²) in [5.41, 5.74) is 3.15. The molecule has 2 aromatic carbocycles. The maximum atomic E-state index is 10.9. The number of ether oxygens (including phenoxy) is 4. The number of benzene rings is 2. The average molecular weight is 371 g/mol. The fourth-order valence-corrected chi connectivity index (χ4v) is 4.00. The minimum absolute atomic E-state index is 0.0234. The first-order valence-corrected chi connectivity index (χ1v) is 9.14. The molecule has 27 heavy (non-hydrogen) atoms. The Hall–Kier alpha value is -2.44. The predicted octanol–water partition coefficient (Wildman–Crippen LogP) is 3.09. The first kappa shape index (κ1) is 17.9. The maximum Gasteiger partial charge on any atom is 0.231 e. The number of hydrogen-bond donors (Lipinski definition) is 1. The molecule has 2 atom stereocenters. The average Bonchev–Trinajstić information content (AvgIpc) is 3.16. The summed E-state index contributed by atoms with van der Waals surface area (Å²) < 4.78 is 22.1. The van der Waals surface area contributed by atoms with Gasteiger partial charge in [-0.15, -0.1) is 0 Å². The van der Waals surface area contributed by atoms with Crippen LogP contribution in [-0.4, -0.2) is 44.6 Å². The van der Waals surface area contributed by atoms with Crippen LogP contribution in [0.1, 0.15) is 35.3 Å². The zero-order valence-corrected chi connectivity index (χ0v) is 15.9. The topological polar surface area (TPSA) is 60.4 Å². The lowest BCUT2D eigenvalue weighted by molar-refractivity contribution is 0.107. The second-order valence-corrected chi connectivity index (χ2v) is 6.99. The summed E-state index contributed by atoms with van der Waals surface area (Å²) in [7, 11) is 5.37. The van der Waals surface area contributed by atoms with Gasteiger partial charge in [-0.2, -0.15) is 0 Å². The minimum atomic E-state index is -0.593. The van der Waals surface area contributed by atoms with Gasteiger partial charge in [0.05, 0.1) is 20.3 Å². The number of nitrogens with zero attached hydrogens (tertiary/aromatic N) is 1. The molecule has 0 aliphatic carbocycles. The standard InChI is InChI=1S/C21H25NO5/c1-22-9-8-14-10-18-20(27-12-26-18)21(25-3)19(14)16(22)11-17(23)13-4-6-15(24-2)7-5-13/h4-7,10,16-17,23H,8-9,11-12H2,1-3H3/t16-,17+/m1/s1. The van der Waals surface area contributed by atoms with Gasteiger partial charge in [-0.05, 0) is 49.2 Å². The Kier molecular flexibility index (Phi) is 4.85. The highest BCUT2D eigenvalue weighted by atomic mass is 16.7. The second-order valence-electron chi connectivity index (χ2n) is 6.99. The zero-order valence-electron chi connectivity index (χ0n) is 15.9. The van der Waals surface area contributed by atoms with Crippen LogP contribution >= 0.6 is 0 Å². The largest absolute Gasteiger partial charge is 0.497 e. The van der Waals surface area contributed by atoms with E-state index >= 15 is 0 Å². The Morgan fingerprint density at radius 2 is 1.96 bits per heavy atom. The van der Waals surface area contributed by atoms with E-state index in [0.29, 0.717) is 12.2 Å². The Bertz CT molecular complexity index is 820. The van der Waals surface area contributed by atoms with Crippen LogP contribution in [0.5, 0.6) is 23.0 Å². The molecule has 0 spiro atoms. The quantitative estimate of drug-likeness (QED) is 0.872. The Balaban J connectivity index is 1.67. The van der Waals surface area contributed by atoms with Gasteiger partial charge in [-0.1, -0.05) is 12.1 Å². The van der Waals surface area contributed by atoms with Crippen LogP contribution in [-0.2, 0) is 6.42 Å². The van der Waals surface area contributed by atoms with E-state index in [1.165, 1.54) is 5.56 Å². The maximum absolute atomic E-state index is 10.9. The van der Waals surface area contributed by atoms with Crippen molar-refractivity contribution in [3.63, 3.8) is 0 Å². The number of likely N-dealkylation sites (N-methyl/N-ethyl adjacent to an activating group) is 1. The normalized spacial score (nSPS) is 19.5. The van der Waals surface area contributed by atoms with E-state index in [1.54, 1.807) is 14.2 Å². The van der Waals surface area contributed by atoms with E-state index in [9.17, 15) is 5.11 Å². The number of hydrogen-bond acceptors (Lipinski definition) is 6. The third-order valence-corrected chi connectivity index (χ3v) is 5.49. The van der Waals surface area contributed by atoms with E-state index in [4.69, 9.17) is 18.9 Å². The van der Waals surface area contributed by atoms with Crippen molar-refractivity contribution in [3.8, 4) is 23.0 Å². The molecular formula is C21H25NO5. The van der Waals surface area contributed by atoms with Crippen LogP contribution in [0, 0.1) is 0 Å². The highest BCUT2D eigenvalue weighted by Crippen LogP contribution is 2.50. The highest BCUT2D eigenvalue weighted by molar-refractivity contribution is 5.61. The first-order valence-electron chi connectivity index (χ1n) is 9.14. The van der Waals surface area contributed by atoms with Gasteiger partial charge in [-0.25, -0.2) is 0 Å². The van der Waals surface area contributed by atoms with Crippen molar-refractivity contribution >= 4 is 0 Å². The molecule has 4 rings (SSSR count). The van der Waals surface area contributed by atoms with Crippen molar-refractivity contribution < 1.29 is 24.1 Å². The summed E-state index contributed by atoms with van der Waals surface area (Å²) >= 11 is 0. The zero-order chi connectivity index (χ0) is 19.0. The highest BCUT2D eigenvalue weighted by Gasteiger charge is 2.35. The van der Waals surface area contributed by atoms with Gasteiger partial charge in [0.2, 0.25) is 12.5 Å². The molecule has 0 unspecified atom stereocenters. The molecule has 6 nitrogen and oxygen atoms in total. The van der Waals surface area contributed by atoms with Crippen molar-refractivity contribution in [1.82, 2.24) is 4.90 Å². The van der Waals surface area contributed by atoms with Crippen molar-refractivity contribution in [3.05, 3.63) is 47.0 Å². The van der Waals surface area contributed by atoms with E-state index in [2.05, 4.69) is 18.0 Å². The second kappa shape index (κ2) is 7.29. The minimum Gasteiger partial charge on any atom is -0.497 e. The van der Waals surface area contributed by atoms with Gasteiger partial charge < -0.3 is 24.1 Å². The number of methoxy groups -OCH3 is 2. The molecule has 2 aliphatic rings. The lowest BCUT2D eigenvalue weighted by Crippen LogP contribution is -2.33. The van der Waals surface area contributed by atoms with Gasteiger partial charge in [0, 0.05) is 18.2 Å². The number of aliphatic hydroxyl groups excluding tert-OH is 1. The molecular weight excluding hydrogens is 346 g/mol. The monoisotopic (exact) mass is 371 g/mol. The molecule has 2 aromatic rings. The number of aliphatic hydroxyl groups is 1. The van der Waals surface area contributed by atoms with Gasteiger partial charge >= 0.3 is 0 Å². The molecule has 6 heteroatoms. The molecule has 0 saturated heterocycles. The van der Waals surface area contributed by atoms with E-state index in [0.717, 1.165) is 41.3 Å². The van der Waals surface area contributed by atoms with Crippen LogP contribution in [0.15, 0.2) is 30.3 Å². The molecule has 0 amide bonds. The van der Waals surface area contributed by atoms with Gasteiger partial charge in [0.25, 0.3) is 0 Å². The predicted molar refractivity (Wildman–Crippen MR) is 101 cm³/mol. The number of fused-ring (bicyclic) bond motifs is 2. The summed E-state index contributed by atoms with van der Waals surface area (Å²) in [6, 6.07) is 9.63. The molecule has 0 aromatic heterocycles. The van der Waals surface area contributed by atoms with Crippen LogP contribution in [0.4, 0.5) is 0 Å². The van der Waals surface area contributed by atoms with E-state index < -0.39 is 6.10 Å². The van der Waals surface area contributed by atoms with Crippen molar-refractivity contribution in [2.75, 3.05) is 34.6 Å². The summed E-state index contributed by atoms with van der Waals surface area (Å²) in [5.74, 6) is 2.90. The Labute approximate surface area is 159 Å².